The van der Waals surface area contributed by atoms with Crippen LogP contribution >= 0.6 is 0 Å². The van der Waals surface area contributed by atoms with Gasteiger partial charge in [0.1, 0.15) is 16.7 Å². The van der Waals surface area contributed by atoms with Gasteiger partial charge in [-0.05, 0) is 25.0 Å². The number of hydrogen-bond donors (Lipinski definition) is 1. The van der Waals surface area contributed by atoms with Gasteiger partial charge in [-0.3, -0.25) is 0 Å². The lowest BCUT2D eigenvalue weighted by Gasteiger charge is -2.33. The van der Waals surface area contributed by atoms with Gasteiger partial charge in [-0.25, -0.2) is 12.7 Å². The zero-order valence-corrected chi connectivity index (χ0v) is 11.4. The van der Waals surface area contributed by atoms with E-state index in [9.17, 15) is 8.42 Å². The monoisotopic (exact) mass is 270 g/mol. The van der Waals surface area contributed by atoms with Gasteiger partial charge in [-0.1, -0.05) is 12.1 Å². The van der Waals surface area contributed by atoms with Gasteiger partial charge in [-0.2, -0.15) is 0 Å². The molecule has 18 heavy (non-hydrogen) atoms. The van der Waals surface area contributed by atoms with Crippen LogP contribution in [0.3, 0.4) is 0 Å². The van der Waals surface area contributed by atoms with E-state index in [1.54, 1.807) is 24.3 Å². The van der Waals surface area contributed by atoms with E-state index in [1.807, 2.05) is 0 Å². The highest BCUT2D eigenvalue weighted by atomic mass is 32.2. The van der Waals surface area contributed by atoms with Crippen LogP contribution in [0, 0.1) is 0 Å². The minimum atomic E-state index is -3.47. The Balaban J connectivity index is 2.26. The van der Waals surface area contributed by atoms with Crippen LogP contribution in [-0.4, -0.2) is 39.0 Å². The quantitative estimate of drug-likeness (QED) is 0.878. The summed E-state index contributed by atoms with van der Waals surface area (Å²) in [6, 6.07) is 6.87. The normalized spacial score (nSPS) is 23.8. The Labute approximate surface area is 108 Å². The molecule has 0 radical (unpaired) electrons. The maximum Gasteiger partial charge on any atom is 0.246 e. The van der Waals surface area contributed by atoms with E-state index < -0.39 is 10.0 Å². The van der Waals surface area contributed by atoms with Crippen molar-refractivity contribution < 1.29 is 13.2 Å². The minimum Gasteiger partial charge on any atom is -0.489 e. The lowest BCUT2D eigenvalue weighted by atomic mass is 9.90. The van der Waals surface area contributed by atoms with Crippen LogP contribution in [0.25, 0.3) is 0 Å². The predicted octanol–water partition coefficient (Wildman–Crippen LogP) is 0.805. The smallest absolute Gasteiger partial charge is 0.246 e. The highest BCUT2D eigenvalue weighted by Gasteiger charge is 2.30. The largest absolute Gasteiger partial charge is 0.489 e. The van der Waals surface area contributed by atoms with E-state index >= 15 is 0 Å². The van der Waals surface area contributed by atoms with E-state index in [0.717, 1.165) is 12.8 Å². The first-order chi connectivity index (χ1) is 8.41. The minimum absolute atomic E-state index is 0.0264. The van der Waals surface area contributed by atoms with Gasteiger partial charge in [0.05, 0.1) is 0 Å². The van der Waals surface area contributed by atoms with Crippen molar-refractivity contribution in [1.29, 1.82) is 0 Å². The molecule has 5 nitrogen and oxygen atoms in total. The van der Waals surface area contributed by atoms with Gasteiger partial charge >= 0.3 is 0 Å². The van der Waals surface area contributed by atoms with Crippen LogP contribution in [0.4, 0.5) is 0 Å². The second-order valence-corrected chi connectivity index (χ2v) is 6.83. The molecule has 1 saturated carbocycles. The summed E-state index contributed by atoms with van der Waals surface area (Å²) in [7, 11) is -0.463. The van der Waals surface area contributed by atoms with E-state index in [-0.39, 0.29) is 17.0 Å². The summed E-state index contributed by atoms with van der Waals surface area (Å²) in [6.07, 6.45) is 1.57. The first-order valence-electron chi connectivity index (χ1n) is 5.85. The molecule has 0 heterocycles. The summed E-state index contributed by atoms with van der Waals surface area (Å²) in [5.74, 6) is 0.406. The van der Waals surface area contributed by atoms with Crippen LogP contribution in [0.1, 0.15) is 12.8 Å². The molecular formula is C12H18N2O3S. The topological polar surface area (TPSA) is 72.6 Å². The molecule has 0 aromatic heterocycles. The summed E-state index contributed by atoms with van der Waals surface area (Å²) >= 11 is 0. The van der Waals surface area contributed by atoms with Crippen LogP contribution in [0.2, 0.25) is 0 Å². The molecule has 1 fully saturated rings. The summed E-state index contributed by atoms with van der Waals surface area (Å²) < 4.78 is 31.1. The summed E-state index contributed by atoms with van der Waals surface area (Å²) in [5.41, 5.74) is 5.69. The molecular weight excluding hydrogens is 252 g/mol. The van der Waals surface area contributed by atoms with E-state index in [2.05, 4.69) is 0 Å². The van der Waals surface area contributed by atoms with Crippen molar-refractivity contribution in [3.63, 3.8) is 0 Å². The third kappa shape index (κ3) is 2.50. The van der Waals surface area contributed by atoms with E-state index in [4.69, 9.17) is 10.5 Å². The van der Waals surface area contributed by atoms with Gasteiger partial charge in [0.25, 0.3) is 0 Å². The van der Waals surface area contributed by atoms with Gasteiger partial charge in [0.15, 0.2) is 0 Å². The van der Waals surface area contributed by atoms with Gasteiger partial charge in [-0.15, -0.1) is 0 Å². The molecule has 1 aliphatic carbocycles. The van der Waals surface area contributed by atoms with Crippen molar-refractivity contribution in [2.75, 3.05) is 14.1 Å². The highest BCUT2D eigenvalue weighted by molar-refractivity contribution is 7.89. The Bertz CT molecular complexity index is 522. The van der Waals surface area contributed by atoms with Crippen molar-refractivity contribution in [3.8, 4) is 5.75 Å². The third-order valence-electron chi connectivity index (χ3n) is 3.03. The van der Waals surface area contributed by atoms with Crippen molar-refractivity contribution in [3.05, 3.63) is 24.3 Å². The molecule has 0 aliphatic heterocycles. The Kier molecular flexibility index (Phi) is 3.61. The number of hydrogen-bond acceptors (Lipinski definition) is 4. The van der Waals surface area contributed by atoms with Crippen molar-refractivity contribution in [2.24, 2.45) is 5.73 Å². The van der Waals surface area contributed by atoms with E-state index in [1.165, 1.54) is 18.4 Å². The number of para-hydroxylation sites is 1. The molecule has 0 bridgehead atoms. The molecule has 2 rings (SSSR count). The summed E-state index contributed by atoms with van der Waals surface area (Å²) in [5, 5.41) is 0. The molecule has 1 aromatic rings. The number of nitrogens with zero attached hydrogens (tertiary/aromatic N) is 1. The van der Waals surface area contributed by atoms with Crippen molar-refractivity contribution >= 4 is 10.0 Å². The maximum absolute atomic E-state index is 12.1. The fourth-order valence-electron chi connectivity index (χ4n) is 1.84. The highest BCUT2D eigenvalue weighted by Crippen LogP contribution is 2.30. The molecule has 0 saturated heterocycles. The van der Waals surface area contributed by atoms with Gasteiger partial charge in [0, 0.05) is 20.1 Å². The molecule has 1 aromatic carbocycles. The SMILES string of the molecule is CN(C)S(=O)(=O)c1ccccc1OC1CC(N)C1. The van der Waals surface area contributed by atoms with Gasteiger partial charge in [0.2, 0.25) is 10.0 Å². The Hall–Kier alpha value is -1.11. The molecule has 0 atom stereocenters. The number of sulfonamides is 1. The zero-order valence-electron chi connectivity index (χ0n) is 10.5. The third-order valence-corrected chi connectivity index (χ3v) is 4.89. The number of rotatable bonds is 4. The van der Waals surface area contributed by atoms with Crippen LogP contribution in [0.15, 0.2) is 29.2 Å². The average molecular weight is 270 g/mol. The maximum atomic E-state index is 12.1. The Morgan fingerprint density at radius 2 is 1.89 bits per heavy atom. The Morgan fingerprint density at radius 1 is 1.28 bits per heavy atom. The Morgan fingerprint density at radius 3 is 2.44 bits per heavy atom. The molecule has 100 valence electrons. The fraction of sp³-hybridized carbons (Fsp3) is 0.500. The molecule has 2 N–H and O–H groups in total. The number of ether oxygens (including phenoxy) is 1. The van der Waals surface area contributed by atoms with Gasteiger partial charge < -0.3 is 10.5 Å². The first kappa shape index (κ1) is 13.3. The lowest BCUT2D eigenvalue weighted by Crippen LogP contribution is -2.43. The number of nitrogens with two attached hydrogens (primary N) is 1. The van der Waals surface area contributed by atoms with Crippen LogP contribution in [-0.2, 0) is 10.0 Å². The second kappa shape index (κ2) is 4.87. The molecule has 0 spiro atoms. The lowest BCUT2D eigenvalue weighted by molar-refractivity contribution is 0.0975. The number of benzene rings is 1. The summed E-state index contributed by atoms with van der Waals surface area (Å²) in [4.78, 5) is 0.204. The summed E-state index contributed by atoms with van der Waals surface area (Å²) in [6.45, 7) is 0. The first-order valence-corrected chi connectivity index (χ1v) is 7.29. The average Bonchev–Trinajstić information content (AvgIpc) is 2.27. The van der Waals surface area contributed by atoms with Crippen molar-refractivity contribution in [1.82, 2.24) is 4.31 Å². The standard InChI is InChI=1S/C12H18N2O3S/c1-14(2)18(15,16)12-6-4-3-5-11(12)17-10-7-9(13)8-10/h3-6,9-10H,7-8,13H2,1-2H3. The molecule has 0 unspecified atom stereocenters. The second-order valence-electron chi connectivity index (χ2n) is 4.71. The fourth-order valence-corrected chi connectivity index (χ4v) is 2.85. The van der Waals surface area contributed by atoms with E-state index in [0.29, 0.717) is 5.75 Å². The van der Waals surface area contributed by atoms with Crippen molar-refractivity contribution in [2.45, 2.75) is 29.9 Å². The predicted molar refractivity (Wildman–Crippen MR) is 68.9 cm³/mol. The molecule has 1 aliphatic rings. The molecule has 0 amide bonds. The molecule has 6 heteroatoms. The zero-order chi connectivity index (χ0) is 13.3. The van der Waals surface area contributed by atoms with Crippen LogP contribution < -0.4 is 10.5 Å². The van der Waals surface area contributed by atoms with Crippen LogP contribution in [0.5, 0.6) is 5.75 Å².